The Morgan fingerprint density at radius 2 is 2.05 bits per heavy atom. The van der Waals surface area contributed by atoms with Gasteiger partial charge in [0.1, 0.15) is 0 Å². The van der Waals surface area contributed by atoms with Crippen LogP contribution in [0, 0.1) is 11.3 Å². The Balaban J connectivity index is 2.10. The number of hydrogen-bond donors (Lipinski definition) is 1. The molecule has 1 unspecified atom stereocenters. The highest BCUT2D eigenvalue weighted by Crippen LogP contribution is 2.36. The second kappa shape index (κ2) is 5.35. The van der Waals surface area contributed by atoms with Gasteiger partial charge >= 0.3 is 0 Å². The van der Waals surface area contributed by atoms with Gasteiger partial charge in [0.2, 0.25) is 11.8 Å². The van der Waals surface area contributed by atoms with Crippen molar-refractivity contribution in [1.29, 1.82) is 0 Å². The van der Waals surface area contributed by atoms with E-state index in [1.54, 1.807) is 13.8 Å². The lowest BCUT2D eigenvalue weighted by atomic mass is 9.83. The maximum atomic E-state index is 12.5. The number of rotatable bonds is 3. The van der Waals surface area contributed by atoms with Crippen LogP contribution >= 0.6 is 0 Å². The average Bonchev–Trinajstić information content (AvgIpc) is 2.37. The number of hydrogen-bond acceptors (Lipinski definition) is 2. The van der Waals surface area contributed by atoms with Crippen LogP contribution in [0.4, 0.5) is 0 Å². The van der Waals surface area contributed by atoms with Crippen LogP contribution in [0.1, 0.15) is 52.4 Å². The van der Waals surface area contributed by atoms with E-state index in [9.17, 15) is 9.59 Å². The lowest BCUT2D eigenvalue weighted by Gasteiger charge is -2.39. The maximum Gasteiger partial charge on any atom is 0.227 e. The molecule has 0 aromatic carbocycles. The third kappa shape index (κ3) is 2.99. The molecule has 0 spiro atoms. The van der Waals surface area contributed by atoms with Crippen LogP contribution in [0.25, 0.3) is 0 Å². The first-order valence-corrected chi connectivity index (χ1v) is 7.22. The topological polar surface area (TPSA) is 63.4 Å². The van der Waals surface area contributed by atoms with Crippen molar-refractivity contribution in [3.05, 3.63) is 11.8 Å². The number of likely N-dealkylation sites (tertiary alicyclic amines) is 1. The first kappa shape index (κ1) is 14.1. The van der Waals surface area contributed by atoms with E-state index >= 15 is 0 Å². The van der Waals surface area contributed by atoms with E-state index in [4.69, 9.17) is 5.73 Å². The molecular weight excluding hydrogens is 240 g/mol. The van der Waals surface area contributed by atoms with Crippen LogP contribution in [0.3, 0.4) is 0 Å². The van der Waals surface area contributed by atoms with Gasteiger partial charge in [-0.1, -0.05) is 19.9 Å². The normalized spacial score (nSPS) is 23.6. The van der Waals surface area contributed by atoms with Gasteiger partial charge in [0.05, 0.1) is 5.41 Å². The van der Waals surface area contributed by atoms with Gasteiger partial charge in [0, 0.05) is 18.7 Å². The van der Waals surface area contributed by atoms with Crippen molar-refractivity contribution in [3.8, 4) is 0 Å². The standard InChI is InChI=1S/C15H24N2O2/c1-15(2,14(16)19)10-13(18)17-9-5-7-11-6-3-4-8-12(11)17/h8,11H,3-7,9-10H2,1-2H3,(H2,16,19). The molecule has 19 heavy (non-hydrogen) atoms. The summed E-state index contributed by atoms with van der Waals surface area (Å²) in [5.74, 6) is 0.178. The first-order chi connectivity index (χ1) is 8.92. The second-order valence-electron chi connectivity index (χ2n) is 6.37. The van der Waals surface area contributed by atoms with Crippen molar-refractivity contribution in [3.63, 3.8) is 0 Å². The fourth-order valence-corrected chi connectivity index (χ4v) is 3.01. The Hall–Kier alpha value is -1.32. The number of amides is 2. The summed E-state index contributed by atoms with van der Waals surface area (Å²) >= 11 is 0. The number of nitrogens with two attached hydrogens (primary N) is 1. The van der Waals surface area contributed by atoms with E-state index in [1.165, 1.54) is 25.0 Å². The fourth-order valence-electron chi connectivity index (χ4n) is 3.01. The van der Waals surface area contributed by atoms with Gasteiger partial charge in [-0.05, 0) is 38.0 Å². The third-order valence-electron chi connectivity index (χ3n) is 4.34. The number of fused-ring (bicyclic) bond motifs is 1. The highest BCUT2D eigenvalue weighted by atomic mass is 16.2. The SMILES string of the molecule is CC(C)(CC(=O)N1CCCC2CCCC=C21)C(N)=O. The largest absolute Gasteiger partial charge is 0.369 e. The molecule has 2 N–H and O–H groups in total. The van der Waals surface area contributed by atoms with Gasteiger partial charge in [0.15, 0.2) is 0 Å². The lowest BCUT2D eigenvalue weighted by Crippen LogP contribution is -2.43. The monoisotopic (exact) mass is 264 g/mol. The van der Waals surface area contributed by atoms with E-state index in [-0.39, 0.29) is 12.3 Å². The molecule has 0 radical (unpaired) electrons. The van der Waals surface area contributed by atoms with Crippen molar-refractivity contribution in [1.82, 2.24) is 4.90 Å². The van der Waals surface area contributed by atoms with Gasteiger partial charge in [-0.15, -0.1) is 0 Å². The van der Waals surface area contributed by atoms with Crippen LogP contribution < -0.4 is 5.73 Å². The summed E-state index contributed by atoms with van der Waals surface area (Å²) in [7, 11) is 0. The highest BCUT2D eigenvalue weighted by Gasteiger charge is 2.35. The molecule has 0 saturated carbocycles. The Labute approximate surface area is 115 Å². The Morgan fingerprint density at radius 1 is 1.37 bits per heavy atom. The summed E-state index contributed by atoms with van der Waals surface area (Å²) in [4.78, 5) is 25.7. The van der Waals surface area contributed by atoms with Crippen molar-refractivity contribution in [2.24, 2.45) is 17.1 Å². The van der Waals surface area contributed by atoms with Gasteiger partial charge < -0.3 is 10.6 Å². The summed E-state index contributed by atoms with van der Waals surface area (Å²) in [6, 6.07) is 0. The molecule has 4 nitrogen and oxygen atoms in total. The molecule has 1 aliphatic heterocycles. The van der Waals surface area contributed by atoms with Crippen LogP contribution in [-0.2, 0) is 9.59 Å². The zero-order chi connectivity index (χ0) is 14.0. The van der Waals surface area contributed by atoms with Gasteiger partial charge in [-0.25, -0.2) is 0 Å². The minimum atomic E-state index is -0.765. The number of nitrogens with zero attached hydrogens (tertiary/aromatic N) is 1. The number of allylic oxidation sites excluding steroid dienone is 2. The minimum absolute atomic E-state index is 0.0432. The summed E-state index contributed by atoms with van der Waals surface area (Å²) < 4.78 is 0. The molecule has 1 saturated heterocycles. The van der Waals surface area contributed by atoms with Crippen molar-refractivity contribution in [2.75, 3.05) is 6.54 Å². The van der Waals surface area contributed by atoms with E-state index < -0.39 is 11.3 Å². The number of carbonyl (C=O) groups excluding carboxylic acids is 2. The van der Waals surface area contributed by atoms with Crippen LogP contribution in [0.15, 0.2) is 11.8 Å². The lowest BCUT2D eigenvalue weighted by molar-refractivity contribution is -0.138. The van der Waals surface area contributed by atoms with E-state index in [0.29, 0.717) is 5.92 Å². The minimum Gasteiger partial charge on any atom is -0.369 e. The van der Waals surface area contributed by atoms with Crippen LogP contribution in [-0.4, -0.2) is 23.3 Å². The zero-order valence-electron chi connectivity index (χ0n) is 11.9. The smallest absolute Gasteiger partial charge is 0.227 e. The summed E-state index contributed by atoms with van der Waals surface area (Å²) in [5.41, 5.74) is 5.79. The van der Waals surface area contributed by atoms with E-state index in [2.05, 4.69) is 6.08 Å². The Kier molecular flexibility index (Phi) is 3.97. The molecule has 2 aliphatic rings. The fraction of sp³-hybridized carbons (Fsp3) is 0.733. The highest BCUT2D eigenvalue weighted by molar-refractivity contribution is 5.88. The maximum absolute atomic E-state index is 12.5. The predicted molar refractivity (Wildman–Crippen MR) is 74.0 cm³/mol. The van der Waals surface area contributed by atoms with Crippen molar-refractivity contribution in [2.45, 2.75) is 52.4 Å². The molecule has 1 fully saturated rings. The number of carbonyl (C=O) groups is 2. The van der Waals surface area contributed by atoms with Crippen LogP contribution in [0.2, 0.25) is 0 Å². The van der Waals surface area contributed by atoms with Crippen molar-refractivity contribution >= 4 is 11.8 Å². The van der Waals surface area contributed by atoms with Gasteiger partial charge in [-0.2, -0.15) is 0 Å². The molecule has 1 aliphatic carbocycles. The summed E-state index contributed by atoms with van der Waals surface area (Å²) in [6.45, 7) is 4.27. The predicted octanol–water partition coefficient (Wildman–Crippen LogP) is 2.19. The zero-order valence-corrected chi connectivity index (χ0v) is 11.9. The molecule has 1 heterocycles. The van der Waals surface area contributed by atoms with Crippen molar-refractivity contribution < 1.29 is 9.59 Å². The second-order valence-corrected chi connectivity index (χ2v) is 6.37. The van der Waals surface area contributed by atoms with E-state index in [1.807, 2.05) is 4.90 Å². The third-order valence-corrected chi connectivity index (χ3v) is 4.34. The molecule has 1 atom stereocenters. The molecule has 0 bridgehead atoms. The quantitative estimate of drug-likeness (QED) is 0.849. The Bertz CT molecular complexity index is 412. The Morgan fingerprint density at radius 3 is 2.74 bits per heavy atom. The molecule has 2 rings (SSSR count). The van der Waals surface area contributed by atoms with Crippen LogP contribution in [0.5, 0.6) is 0 Å². The van der Waals surface area contributed by atoms with Gasteiger partial charge in [-0.3, -0.25) is 9.59 Å². The molecule has 2 amide bonds. The first-order valence-electron chi connectivity index (χ1n) is 7.22. The van der Waals surface area contributed by atoms with Gasteiger partial charge in [0.25, 0.3) is 0 Å². The number of primary amides is 1. The van der Waals surface area contributed by atoms with E-state index in [0.717, 1.165) is 19.4 Å². The number of piperidine rings is 1. The summed E-state index contributed by atoms with van der Waals surface area (Å²) in [6.07, 6.45) is 8.14. The molecule has 106 valence electrons. The molecule has 4 heteroatoms. The summed E-state index contributed by atoms with van der Waals surface area (Å²) in [5, 5.41) is 0. The molecular formula is C15H24N2O2. The average molecular weight is 264 g/mol. The molecule has 0 aromatic rings. The molecule has 0 aromatic heterocycles.